The van der Waals surface area contributed by atoms with Gasteiger partial charge < -0.3 is 9.64 Å². The maximum absolute atomic E-state index is 6.79. The molecule has 29 heavy (non-hydrogen) atoms. The largest absolute Gasteiger partial charge is 0.344 e. The maximum atomic E-state index is 6.79. The Hall–Kier alpha value is -3.36. The molecule has 3 atom stereocenters. The van der Waals surface area contributed by atoms with Gasteiger partial charge in [-0.2, -0.15) is 0 Å². The van der Waals surface area contributed by atoms with Crippen molar-refractivity contribution in [3.63, 3.8) is 0 Å². The summed E-state index contributed by atoms with van der Waals surface area (Å²) in [5, 5.41) is 0. The van der Waals surface area contributed by atoms with E-state index < -0.39 is 0 Å². The number of nitrogens with zero attached hydrogens (tertiary/aromatic N) is 1. The Bertz CT molecular complexity index is 948. The zero-order chi connectivity index (χ0) is 19.5. The molecular formula is C27H23NO. The van der Waals surface area contributed by atoms with Gasteiger partial charge in [0, 0.05) is 11.3 Å². The Morgan fingerprint density at radius 1 is 0.483 bits per heavy atom. The van der Waals surface area contributed by atoms with E-state index in [2.05, 4.69) is 126 Å². The van der Waals surface area contributed by atoms with E-state index >= 15 is 0 Å². The molecule has 1 saturated heterocycles. The molecular weight excluding hydrogens is 354 g/mol. The SMILES string of the molecule is c1ccc(C2O[C@H](c3ccccc3)[C@H](c3ccccc3)N2c2ccccc2)cc1. The second-order valence-corrected chi connectivity index (χ2v) is 7.33. The van der Waals surface area contributed by atoms with Crippen LogP contribution >= 0.6 is 0 Å². The highest BCUT2D eigenvalue weighted by atomic mass is 16.5. The number of anilines is 1. The first-order chi connectivity index (χ1) is 14.4. The quantitative estimate of drug-likeness (QED) is 0.392. The van der Waals surface area contributed by atoms with Crippen molar-refractivity contribution in [2.45, 2.75) is 18.4 Å². The molecule has 4 aromatic rings. The summed E-state index contributed by atoms with van der Waals surface area (Å²) in [6, 6.07) is 42.4. The van der Waals surface area contributed by atoms with Crippen LogP contribution in [0.25, 0.3) is 0 Å². The van der Waals surface area contributed by atoms with Crippen LogP contribution in [0.1, 0.15) is 35.1 Å². The van der Waals surface area contributed by atoms with Gasteiger partial charge in [0.15, 0.2) is 6.23 Å². The number of ether oxygens (including phenoxy) is 1. The van der Waals surface area contributed by atoms with E-state index in [1.54, 1.807) is 0 Å². The van der Waals surface area contributed by atoms with Crippen LogP contribution in [0.4, 0.5) is 5.69 Å². The smallest absolute Gasteiger partial charge is 0.158 e. The van der Waals surface area contributed by atoms with E-state index in [4.69, 9.17) is 4.74 Å². The molecule has 0 N–H and O–H groups in total. The highest BCUT2D eigenvalue weighted by Crippen LogP contribution is 2.52. The molecule has 142 valence electrons. The molecule has 0 bridgehead atoms. The van der Waals surface area contributed by atoms with Gasteiger partial charge in [-0.3, -0.25) is 0 Å². The molecule has 0 saturated carbocycles. The van der Waals surface area contributed by atoms with Crippen molar-refractivity contribution in [1.82, 2.24) is 0 Å². The Morgan fingerprint density at radius 3 is 1.48 bits per heavy atom. The van der Waals surface area contributed by atoms with Crippen LogP contribution in [0, 0.1) is 0 Å². The molecule has 1 unspecified atom stereocenters. The van der Waals surface area contributed by atoms with Crippen LogP contribution in [-0.2, 0) is 4.74 Å². The molecule has 2 nitrogen and oxygen atoms in total. The minimum atomic E-state index is -0.158. The fraction of sp³-hybridized carbons (Fsp3) is 0.111. The summed E-state index contributed by atoms with van der Waals surface area (Å²) in [7, 11) is 0. The molecule has 0 radical (unpaired) electrons. The van der Waals surface area contributed by atoms with Crippen molar-refractivity contribution in [2.24, 2.45) is 0 Å². The second kappa shape index (κ2) is 7.94. The highest BCUT2D eigenvalue weighted by molar-refractivity contribution is 5.53. The number of benzene rings is 4. The molecule has 0 aliphatic carbocycles. The van der Waals surface area contributed by atoms with Crippen LogP contribution in [0.5, 0.6) is 0 Å². The van der Waals surface area contributed by atoms with Gasteiger partial charge >= 0.3 is 0 Å². The predicted molar refractivity (Wildman–Crippen MR) is 118 cm³/mol. The van der Waals surface area contributed by atoms with Gasteiger partial charge in [-0.15, -0.1) is 0 Å². The van der Waals surface area contributed by atoms with Crippen molar-refractivity contribution in [2.75, 3.05) is 4.90 Å². The van der Waals surface area contributed by atoms with Gasteiger partial charge in [0.05, 0.1) is 6.04 Å². The standard InChI is InChI=1S/C27H23NO/c1-5-13-21(14-6-1)25-26(22-15-7-2-8-16-22)29-27(23-17-9-3-10-18-23)28(25)24-19-11-4-12-20-24/h1-20,25-27H/t25-,26+,27?/m0/s1. The molecule has 0 amide bonds. The minimum Gasteiger partial charge on any atom is -0.344 e. The van der Waals surface area contributed by atoms with Crippen LogP contribution < -0.4 is 4.90 Å². The third-order valence-corrected chi connectivity index (χ3v) is 5.52. The molecule has 2 heteroatoms. The van der Waals surface area contributed by atoms with E-state index in [-0.39, 0.29) is 18.4 Å². The highest BCUT2D eigenvalue weighted by Gasteiger charge is 2.44. The molecule has 1 aliphatic rings. The Morgan fingerprint density at radius 2 is 0.931 bits per heavy atom. The first-order valence-electron chi connectivity index (χ1n) is 10.1. The second-order valence-electron chi connectivity index (χ2n) is 7.33. The third-order valence-electron chi connectivity index (χ3n) is 5.52. The fourth-order valence-electron chi connectivity index (χ4n) is 4.21. The summed E-state index contributed by atoms with van der Waals surface area (Å²) in [4.78, 5) is 2.42. The minimum absolute atomic E-state index is 0.0657. The van der Waals surface area contributed by atoms with Crippen molar-refractivity contribution >= 4 is 5.69 Å². The van der Waals surface area contributed by atoms with Gasteiger partial charge in [0.1, 0.15) is 6.10 Å². The van der Waals surface area contributed by atoms with Crippen LogP contribution in [0.2, 0.25) is 0 Å². The monoisotopic (exact) mass is 377 g/mol. The van der Waals surface area contributed by atoms with Gasteiger partial charge in [-0.1, -0.05) is 109 Å². The third kappa shape index (κ3) is 3.43. The van der Waals surface area contributed by atoms with Gasteiger partial charge in [-0.05, 0) is 23.3 Å². The van der Waals surface area contributed by atoms with Crippen molar-refractivity contribution in [3.8, 4) is 0 Å². The Kier molecular flexibility index (Phi) is 4.85. The molecule has 0 aromatic heterocycles. The number of rotatable bonds is 4. The van der Waals surface area contributed by atoms with Gasteiger partial charge in [-0.25, -0.2) is 0 Å². The van der Waals surface area contributed by atoms with Crippen molar-refractivity contribution in [1.29, 1.82) is 0 Å². The number of para-hydroxylation sites is 1. The first kappa shape index (κ1) is 17.7. The summed E-state index contributed by atoms with van der Waals surface area (Å²) < 4.78 is 6.79. The average Bonchev–Trinajstić information content (AvgIpc) is 3.22. The molecule has 4 aromatic carbocycles. The summed E-state index contributed by atoms with van der Waals surface area (Å²) in [5.74, 6) is 0. The molecule has 1 heterocycles. The average molecular weight is 377 g/mol. The van der Waals surface area contributed by atoms with E-state index in [9.17, 15) is 0 Å². The maximum Gasteiger partial charge on any atom is 0.158 e. The van der Waals surface area contributed by atoms with Gasteiger partial charge in [0.25, 0.3) is 0 Å². The first-order valence-corrected chi connectivity index (χ1v) is 10.1. The number of hydrogen-bond acceptors (Lipinski definition) is 2. The predicted octanol–water partition coefficient (Wildman–Crippen LogP) is 6.70. The molecule has 5 rings (SSSR count). The van der Waals surface area contributed by atoms with E-state index in [1.807, 2.05) is 0 Å². The zero-order valence-corrected chi connectivity index (χ0v) is 16.1. The van der Waals surface area contributed by atoms with E-state index in [0.717, 1.165) is 11.3 Å². The topological polar surface area (TPSA) is 12.5 Å². The normalized spacial score (nSPS) is 21.2. The Balaban J connectivity index is 1.69. The summed E-state index contributed by atoms with van der Waals surface area (Å²) in [6.45, 7) is 0. The lowest BCUT2D eigenvalue weighted by Gasteiger charge is -2.31. The van der Waals surface area contributed by atoms with E-state index in [1.165, 1.54) is 11.1 Å². The number of hydrogen-bond donors (Lipinski definition) is 0. The molecule has 1 aliphatic heterocycles. The lowest BCUT2D eigenvalue weighted by molar-refractivity contribution is 0.0404. The lowest BCUT2D eigenvalue weighted by atomic mass is 9.95. The lowest BCUT2D eigenvalue weighted by Crippen LogP contribution is -2.27. The summed E-state index contributed by atoms with van der Waals surface area (Å²) in [6.07, 6.45) is -0.224. The molecule has 1 fully saturated rings. The molecule has 0 spiro atoms. The van der Waals surface area contributed by atoms with Crippen molar-refractivity contribution in [3.05, 3.63) is 138 Å². The fourth-order valence-corrected chi connectivity index (χ4v) is 4.21. The zero-order valence-electron chi connectivity index (χ0n) is 16.1. The van der Waals surface area contributed by atoms with Crippen LogP contribution in [0.3, 0.4) is 0 Å². The van der Waals surface area contributed by atoms with Crippen LogP contribution in [-0.4, -0.2) is 0 Å². The van der Waals surface area contributed by atoms with Gasteiger partial charge in [0.2, 0.25) is 0 Å². The van der Waals surface area contributed by atoms with E-state index in [0.29, 0.717) is 0 Å². The summed E-state index contributed by atoms with van der Waals surface area (Å²) >= 11 is 0. The van der Waals surface area contributed by atoms with Crippen LogP contribution in [0.15, 0.2) is 121 Å². The Labute approximate surface area is 172 Å². The summed E-state index contributed by atoms with van der Waals surface area (Å²) in [5.41, 5.74) is 4.77. The van der Waals surface area contributed by atoms with Crippen molar-refractivity contribution < 1.29 is 4.74 Å².